The zero-order valence-corrected chi connectivity index (χ0v) is 18.9. The minimum atomic E-state index is -0.402. The van der Waals surface area contributed by atoms with Crippen LogP contribution in [0.2, 0.25) is 0 Å². The summed E-state index contributed by atoms with van der Waals surface area (Å²) < 4.78 is 13.5. The molecule has 4 aromatic heterocycles. The monoisotopic (exact) mass is 429 g/mol. The minimum absolute atomic E-state index is 0.325. The van der Waals surface area contributed by atoms with Crippen molar-refractivity contribution in [3.8, 4) is 17.0 Å². The maximum atomic E-state index is 6.31. The summed E-state index contributed by atoms with van der Waals surface area (Å²) in [6.45, 7) is 0. The van der Waals surface area contributed by atoms with Gasteiger partial charge in [0.2, 0.25) is 11.8 Å². The lowest BCUT2D eigenvalue weighted by Crippen LogP contribution is -2.38. The standard InChI is InChI=1S/C20H26B3N7O2/c1-31-13-4-2-12(3-5-13)27-19-28-17-16(18(29-19)32-20(21,22)23)14(9-24-17)11-6-7-30-15(8-11)25-10-26-30/h6-10,12-13H,2-5,21-23H2,1H3,(H2,24,27,28,29)/t12-,13+. The first-order valence-electron chi connectivity index (χ1n) is 11.1. The molecule has 32 heavy (non-hydrogen) atoms. The van der Waals surface area contributed by atoms with E-state index in [1.807, 2.05) is 48.1 Å². The highest BCUT2D eigenvalue weighted by Gasteiger charge is 2.24. The lowest BCUT2D eigenvalue weighted by molar-refractivity contribution is 0.0681. The Hall–Kier alpha value is -3.01. The van der Waals surface area contributed by atoms with Gasteiger partial charge in [-0.1, -0.05) is 0 Å². The van der Waals surface area contributed by atoms with Crippen LogP contribution in [0.25, 0.3) is 27.8 Å². The molecule has 9 nitrogen and oxygen atoms in total. The lowest BCUT2D eigenvalue weighted by Gasteiger charge is -2.28. The maximum absolute atomic E-state index is 6.31. The van der Waals surface area contributed by atoms with Gasteiger partial charge in [0.05, 0.1) is 11.5 Å². The largest absolute Gasteiger partial charge is 0.498 e. The topological polar surface area (TPSA) is 102 Å². The molecule has 0 spiro atoms. The number of nitrogens with zero attached hydrogens (tertiary/aromatic N) is 5. The second-order valence-corrected chi connectivity index (χ2v) is 9.32. The van der Waals surface area contributed by atoms with Crippen LogP contribution in [0, 0.1) is 0 Å². The van der Waals surface area contributed by atoms with E-state index in [-0.39, 0.29) is 0 Å². The van der Waals surface area contributed by atoms with Crippen molar-refractivity contribution < 1.29 is 9.47 Å². The molecule has 0 radical (unpaired) electrons. The highest BCUT2D eigenvalue weighted by molar-refractivity contribution is 6.58. The van der Waals surface area contributed by atoms with Gasteiger partial charge in [0.15, 0.2) is 5.65 Å². The van der Waals surface area contributed by atoms with Crippen LogP contribution >= 0.6 is 0 Å². The molecule has 0 aliphatic heterocycles. The van der Waals surface area contributed by atoms with Gasteiger partial charge in [-0.2, -0.15) is 15.1 Å². The molecule has 1 aliphatic carbocycles. The highest BCUT2D eigenvalue weighted by atomic mass is 16.5. The Labute approximate surface area is 188 Å². The van der Waals surface area contributed by atoms with Crippen molar-refractivity contribution in [1.82, 2.24) is 29.5 Å². The van der Waals surface area contributed by atoms with Gasteiger partial charge in [0.25, 0.3) is 0 Å². The number of hydrogen-bond acceptors (Lipinski definition) is 7. The van der Waals surface area contributed by atoms with E-state index in [2.05, 4.69) is 20.4 Å². The summed E-state index contributed by atoms with van der Waals surface area (Å²) in [5.74, 6) is 1.15. The van der Waals surface area contributed by atoms with E-state index in [9.17, 15) is 0 Å². The molecule has 4 aromatic rings. The van der Waals surface area contributed by atoms with Crippen molar-refractivity contribution in [3.05, 3.63) is 30.9 Å². The normalized spacial score (nSPS) is 19.4. The van der Waals surface area contributed by atoms with Gasteiger partial charge in [0, 0.05) is 36.4 Å². The van der Waals surface area contributed by atoms with Gasteiger partial charge < -0.3 is 19.8 Å². The zero-order chi connectivity index (χ0) is 22.3. The number of hydrogen-bond donors (Lipinski definition) is 2. The number of ether oxygens (including phenoxy) is 2. The van der Waals surface area contributed by atoms with Gasteiger partial charge in [-0.05, 0) is 43.4 Å². The first kappa shape index (κ1) is 20.9. The molecule has 12 heteroatoms. The number of aromatic amines is 1. The fourth-order valence-corrected chi connectivity index (χ4v) is 4.26. The van der Waals surface area contributed by atoms with Crippen LogP contribution in [0.3, 0.4) is 0 Å². The quantitative estimate of drug-likeness (QED) is 0.414. The molecule has 0 saturated heterocycles. The SMILES string of the molecule is BC(B)(B)Oc1nc(N[C@H]2CC[C@@H](OC)CC2)nc2[nH]cc(-c3ccn4ncnc4c3)c12. The van der Waals surface area contributed by atoms with Crippen molar-refractivity contribution >= 4 is 46.2 Å². The third kappa shape index (κ3) is 4.19. The summed E-state index contributed by atoms with van der Waals surface area (Å²) in [5.41, 5.74) is 3.49. The van der Waals surface area contributed by atoms with Crippen LogP contribution in [-0.4, -0.2) is 77.6 Å². The number of fused-ring (bicyclic) bond motifs is 2. The third-order valence-electron chi connectivity index (χ3n) is 5.83. The van der Waals surface area contributed by atoms with Crippen molar-refractivity contribution in [1.29, 1.82) is 0 Å². The van der Waals surface area contributed by atoms with Gasteiger partial charge in [-0.15, -0.1) is 0 Å². The molecule has 4 heterocycles. The summed E-state index contributed by atoms with van der Waals surface area (Å²) in [7, 11) is 7.85. The Morgan fingerprint density at radius 1 is 1.19 bits per heavy atom. The fraction of sp³-hybridized carbons (Fsp3) is 0.400. The maximum Gasteiger partial charge on any atom is 0.228 e. The van der Waals surface area contributed by atoms with E-state index in [1.165, 1.54) is 0 Å². The van der Waals surface area contributed by atoms with E-state index in [1.54, 1.807) is 18.0 Å². The molecular weight excluding hydrogens is 403 g/mol. The Balaban J connectivity index is 1.53. The first-order chi connectivity index (χ1) is 15.4. The van der Waals surface area contributed by atoms with Crippen molar-refractivity contribution in [2.75, 3.05) is 12.4 Å². The van der Waals surface area contributed by atoms with E-state index in [0.29, 0.717) is 24.0 Å². The molecule has 0 atom stereocenters. The van der Waals surface area contributed by atoms with Crippen molar-refractivity contribution in [2.45, 2.75) is 43.1 Å². The van der Waals surface area contributed by atoms with Crippen LogP contribution in [0.4, 0.5) is 5.95 Å². The fourth-order valence-electron chi connectivity index (χ4n) is 4.26. The summed E-state index contributed by atoms with van der Waals surface area (Å²) >= 11 is 0. The summed E-state index contributed by atoms with van der Waals surface area (Å²) in [5, 5.41) is 8.15. The smallest absolute Gasteiger partial charge is 0.228 e. The molecule has 1 fully saturated rings. The van der Waals surface area contributed by atoms with Gasteiger partial charge in [0.1, 0.15) is 35.5 Å². The summed E-state index contributed by atoms with van der Waals surface area (Å²) in [4.78, 5) is 17.2. The number of aromatic nitrogens is 6. The average molecular weight is 429 g/mol. The molecule has 0 unspecified atom stereocenters. The molecule has 2 N–H and O–H groups in total. The number of anilines is 1. The predicted molar refractivity (Wildman–Crippen MR) is 132 cm³/mol. The molecule has 162 valence electrons. The van der Waals surface area contributed by atoms with Crippen LogP contribution in [-0.2, 0) is 4.74 Å². The average Bonchev–Trinajstić information content (AvgIpc) is 3.39. The van der Waals surface area contributed by atoms with Gasteiger partial charge >= 0.3 is 0 Å². The number of rotatable bonds is 6. The molecule has 5 rings (SSSR count). The summed E-state index contributed by atoms with van der Waals surface area (Å²) in [6.07, 6.45) is 9.89. The Morgan fingerprint density at radius 3 is 2.75 bits per heavy atom. The predicted octanol–water partition coefficient (Wildman–Crippen LogP) is -0.0735. The number of methoxy groups -OCH3 is 1. The molecular formula is C20H26B3N7O2. The third-order valence-corrected chi connectivity index (χ3v) is 5.83. The second kappa shape index (κ2) is 8.16. The molecule has 0 amide bonds. The number of pyridine rings is 1. The van der Waals surface area contributed by atoms with Crippen LogP contribution in [0.1, 0.15) is 25.7 Å². The minimum Gasteiger partial charge on any atom is -0.498 e. The first-order valence-corrected chi connectivity index (χ1v) is 11.1. The molecule has 1 saturated carbocycles. The van der Waals surface area contributed by atoms with Crippen molar-refractivity contribution in [2.24, 2.45) is 0 Å². The lowest BCUT2D eigenvalue weighted by atomic mass is 9.52. The van der Waals surface area contributed by atoms with Crippen LogP contribution in [0.15, 0.2) is 30.9 Å². The Bertz CT molecular complexity index is 1250. The zero-order valence-electron chi connectivity index (χ0n) is 18.9. The number of nitrogens with one attached hydrogen (secondary N) is 2. The van der Waals surface area contributed by atoms with E-state index >= 15 is 0 Å². The number of H-pyrrole nitrogens is 1. The highest BCUT2D eigenvalue weighted by Crippen LogP contribution is 2.36. The van der Waals surface area contributed by atoms with E-state index < -0.39 is 5.30 Å². The van der Waals surface area contributed by atoms with Gasteiger partial charge in [-0.3, -0.25) is 0 Å². The van der Waals surface area contributed by atoms with Crippen LogP contribution in [0.5, 0.6) is 5.88 Å². The Morgan fingerprint density at radius 2 is 2.00 bits per heavy atom. The van der Waals surface area contributed by atoms with Crippen LogP contribution < -0.4 is 10.1 Å². The molecule has 0 bridgehead atoms. The van der Waals surface area contributed by atoms with Crippen molar-refractivity contribution in [3.63, 3.8) is 0 Å². The second-order valence-electron chi connectivity index (χ2n) is 9.32. The Kier molecular flexibility index (Phi) is 5.32. The molecule has 0 aromatic carbocycles. The van der Waals surface area contributed by atoms with E-state index in [0.717, 1.165) is 53.5 Å². The molecule has 1 aliphatic rings. The van der Waals surface area contributed by atoms with E-state index in [4.69, 9.17) is 19.4 Å². The summed E-state index contributed by atoms with van der Waals surface area (Å²) in [6, 6.07) is 4.33. The van der Waals surface area contributed by atoms with Gasteiger partial charge in [-0.25, -0.2) is 9.50 Å².